The molecule has 0 saturated carbocycles. The average Bonchev–Trinajstić information content (AvgIpc) is 2.63. The first-order valence-electron chi connectivity index (χ1n) is 5.16. The summed E-state index contributed by atoms with van der Waals surface area (Å²) in [6.45, 7) is 1.09. The van der Waals surface area contributed by atoms with Gasteiger partial charge in [0.2, 0.25) is 0 Å². The van der Waals surface area contributed by atoms with Crippen molar-refractivity contribution < 1.29 is 9.53 Å². The smallest absolute Gasteiger partial charge is 0.323 e. The predicted molar refractivity (Wildman–Crippen MR) is 49.4 cm³/mol. The maximum Gasteiger partial charge on any atom is 0.323 e. The van der Waals surface area contributed by atoms with Crippen LogP contribution in [0.1, 0.15) is 32.1 Å². The second-order valence-corrected chi connectivity index (χ2v) is 4.00. The predicted octanol–water partition coefficient (Wildman–Crippen LogP) is 1.18. The van der Waals surface area contributed by atoms with Gasteiger partial charge in [-0.15, -0.1) is 0 Å². The molecular weight excluding hydrogens is 166 g/mol. The van der Waals surface area contributed by atoms with E-state index in [4.69, 9.17) is 4.74 Å². The summed E-state index contributed by atoms with van der Waals surface area (Å²) < 4.78 is 4.82. The van der Waals surface area contributed by atoms with Crippen molar-refractivity contribution in [2.24, 2.45) is 0 Å². The summed E-state index contributed by atoms with van der Waals surface area (Å²) in [5, 5.41) is 0. The molecule has 3 heteroatoms. The Balaban J connectivity index is 2.05. The van der Waals surface area contributed by atoms with E-state index in [1.807, 2.05) is 0 Å². The minimum atomic E-state index is -0.0356. The van der Waals surface area contributed by atoms with E-state index in [2.05, 4.69) is 4.90 Å². The third-order valence-electron chi connectivity index (χ3n) is 3.31. The second kappa shape index (κ2) is 3.66. The quantitative estimate of drug-likeness (QED) is 0.572. The van der Waals surface area contributed by atoms with Gasteiger partial charge < -0.3 is 4.74 Å². The molecule has 0 N–H and O–H groups in total. The van der Waals surface area contributed by atoms with Crippen LogP contribution in [-0.2, 0) is 9.53 Å². The Morgan fingerprint density at radius 1 is 1.31 bits per heavy atom. The van der Waals surface area contributed by atoms with Crippen molar-refractivity contribution in [3.8, 4) is 0 Å². The summed E-state index contributed by atoms with van der Waals surface area (Å²) in [4.78, 5) is 13.8. The Hall–Kier alpha value is -0.570. The van der Waals surface area contributed by atoms with E-state index in [0.717, 1.165) is 13.0 Å². The number of rotatable bonds is 1. The molecule has 0 unspecified atom stereocenters. The SMILES string of the molecule is COC(=O)[C@@H]1CCC[C@@H]2CCCN21. The molecular formula is C10H17NO2. The summed E-state index contributed by atoms with van der Waals surface area (Å²) in [5.41, 5.74) is 0. The summed E-state index contributed by atoms with van der Waals surface area (Å²) >= 11 is 0. The molecule has 2 heterocycles. The van der Waals surface area contributed by atoms with E-state index in [-0.39, 0.29) is 12.0 Å². The van der Waals surface area contributed by atoms with E-state index < -0.39 is 0 Å². The van der Waals surface area contributed by atoms with Crippen molar-refractivity contribution in [1.29, 1.82) is 0 Å². The van der Waals surface area contributed by atoms with Gasteiger partial charge in [-0.25, -0.2) is 0 Å². The Kier molecular flexibility index (Phi) is 2.54. The van der Waals surface area contributed by atoms with Gasteiger partial charge in [-0.1, -0.05) is 0 Å². The lowest BCUT2D eigenvalue weighted by Gasteiger charge is -2.35. The Bertz CT molecular complexity index is 205. The van der Waals surface area contributed by atoms with Gasteiger partial charge in [0.05, 0.1) is 7.11 Å². The molecule has 2 aliphatic rings. The number of fused-ring (bicyclic) bond motifs is 1. The van der Waals surface area contributed by atoms with E-state index >= 15 is 0 Å². The highest BCUT2D eigenvalue weighted by Crippen LogP contribution is 2.31. The van der Waals surface area contributed by atoms with Crippen LogP contribution in [0.3, 0.4) is 0 Å². The lowest BCUT2D eigenvalue weighted by molar-refractivity contribution is -0.148. The topological polar surface area (TPSA) is 29.5 Å². The van der Waals surface area contributed by atoms with E-state index in [1.54, 1.807) is 0 Å². The standard InChI is InChI=1S/C10H17NO2/c1-13-10(12)9-6-2-4-8-5-3-7-11(8)9/h8-9H,2-7H2,1H3/t8-,9+/m1/s1. The molecule has 0 spiro atoms. The van der Waals surface area contributed by atoms with E-state index in [0.29, 0.717) is 6.04 Å². The molecule has 13 heavy (non-hydrogen) atoms. The molecule has 2 aliphatic heterocycles. The number of hydrogen-bond donors (Lipinski definition) is 0. The molecule has 0 radical (unpaired) electrons. The molecule has 0 aromatic heterocycles. The number of hydrogen-bond acceptors (Lipinski definition) is 3. The number of piperidine rings is 1. The lowest BCUT2D eigenvalue weighted by Crippen LogP contribution is -2.47. The molecule has 2 saturated heterocycles. The van der Waals surface area contributed by atoms with Gasteiger partial charge in [0, 0.05) is 6.04 Å². The summed E-state index contributed by atoms with van der Waals surface area (Å²) in [6, 6.07) is 0.726. The minimum Gasteiger partial charge on any atom is -0.468 e. The molecule has 0 amide bonds. The average molecular weight is 183 g/mol. The Labute approximate surface area is 79.0 Å². The first-order chi connectivity index (χ1) is 6.33. The number of carbonyl (C=O) groups excluding carboxylic acids is 1. The highest BCUT2D eigenvalue weighted by molar-refractivity contribution is 5.75. The Morgan fingerprint density at radius 3 is 2.85 bits per heavy atom. The third-order valence-corrected chi connectivity index (χ3v) is 3.31. The fourth-order valence-electron chi connectivity index (χ4n) is 2.68. The first-order valence-corrected chi connectivity index (χ1v) is 5.16. The van der Waals surface area contributed by atoms with Crippen molar-refractivity contribution in [3.05, 3.63) is 0 Å². The zero-order chi connectivity index (χ0) is 9.26. The largest absolute Gasteiger partial charge is 0.468 e. The fraction of sp³-hybridized carbons (Fsp3) is 0.900. The number of methoxy groups -OCH3 is 1. The van der Waals surface area contributed by atoms with Crippen LogP contribution in [0.4, 0.5) is 0 Å². The molecule has 0 aliphatic carbocycles. The third kappa shape index (κ3) is 1.57. The molecule has 0 bridgehead atoms. The van der Waals surface area contributed by atoms with Crippen molar-refractivity contribution in [3.63, 3.8) is 0 Å². The van der Waals surface area contributed by atoms with Gasteiger partial charge in [-0.05, 0) is 38.6 Å². The molecule has 2 atom stereocenters. The van der Waals surface area contributed by atoms with Gasteiger partial charge in [-0.3, -0.25) is 9.69 Å². The summed E-state index contributed by atoms with van der Waals surface area (Å²) in [6.07, 6.45) is 5.96. The minimum absolute atomic E-state index is 0.0356. The summed E-state index contributed by atoms with van der Waals surface area (Å²) in [7, 11) is 1.49. The van der Waals surface area contributed by atoms with Crippen molar-refractivity contribution in [1.82, 2.24) is 4.90 Å². The highest BCUT2D eigenvalue weighted by atomic mass is 16.5. The number of nitrogens with zero attached hydrogens (tertiary/aromatic N) is 1. The van der Waals surface area contributed by atoms with Crippen molar-refractivity contribution in [2.45, 2.75) is 44.2 Å². The molecule has 2 fully saturated rings. The van der Waals surface area contributed by atoms with Crippen LogP contribution in [0.5, 0.6) is 0 Å². The van der Waals surface area contributed by atoms with Gasteiger partial charge in [0.1, 0.15) is 6.04 Å². The van der Waals surface area contributed by atoms with Crippen LogP contribution in [0.2, 0.25) is 0 Å². The van der Waals surface area contributed by atoms with Gasteiger partial charge in [-0.2, -0.15) is 0 Å². The van der Waals surface area contributed by atoms with Crippen molar-refractivity contribution in [2.75, 3.05) is 13.7 Å². The maximum absolute atomic E-state index is 11.4. The van der Waals surface area contributed by atoms with Crippen LogP contribution in [0.25, 0.3) is 0 Å². The van der Waals surface area contributed by atoms with Gasteiger partial charge in [0.15, 0.2) is 0 Å². The monoisotopic (exact) mass is 183 g/mol. The van der Waals surface area contributed by atoms with Crippen LogP contribution in [0.15, 0.2) is 0 Å². The fourth-order valence-corrected chi connectivity index (χ4v) is 2.68. The maximum atomic E-state index is 11.4. The van der Waals surface area contributed by atoms with Crippen LogP contribution < -0.4 is 0 Å². The molecule has 2 rings (SSSR count). The van der Waals surface area contributed by atoms with Gasteiger partial charge >= 0.3 is 5.97 Å². The van der Waals surface area contributed by atoms with E-state index in [1.165, 1.54) is 32.8 Å². The van der Waals surface area contributed by atoms with Gasteiger partial charge in [0.25, 0.3) is 0 Å². The number of ether oxygens (including phenoxy) is 1. The molecule has 0 aromatic carbocycles. The highest BCUT2D eigenvalue weighted by Gasteiger charge is 2.37. The van der Waals surface area contributed by atoms with Crippen LogP contribution >= 0.6 is 0 Å². The normalized spacial score (nSPS) is 34.2. The first kappa shape index (κ1) is 9.00. The molecule has 74 valence electrons. The second-order valence-electron chi connectivity index (χ2n) is 4.00. The number of esters is 1. The summed E-state index contributed by atoms with van der Waals surface area (Å²) in [5.74, 6) is -0.0356. The van der Waals surface area contributed by atoms with Crippen LogP contribution in [0, 0.1) is 0 Å². The zero-order valence-corrected chi connectivity index (χ0v) is 8.16. The van der Waals surface area contributed by atoms with Crippen molar-refractivity contribution >= 4 is 5.97 Å². The Morgan fingerprint density at radius 2 is 2.08 bits per heavy atom. The van der Waals surface area contributed by atoms with E-state index in [9.17, 15) is 4.79 Å². The molecule has 0 aromatic rings. The van der Waals surface area contributed by atoms with Crippen LogP contribution in [-0.4, -0.2) is 36.6 Å². The zero-order valence-electron chi connectivity index (χ0n) is 8.16. The number of carbonyl (C=O) groups is 1. The molecule has 3 nitrogen and oxygen atoms in total. The lowest BCUT2D eigenvalue weighted by atomic mass is 9.97.